The number of nitriles is 1. The molecule has 6 rings (SSSR count). The summed E-state index contributed by atoms with van der Waals surface area (Å²) in [7, 11) is 0. The molecular weight excluding hydrogens is 932 g/mol. The van der Waals surface area contributed by atoms with Crippen LogP contribution in [0.3, 0.4) is 0 Å². The minimum atomic E-state index is -0.512. The lowest BCUT2D eigenvalue weighted by Gasteiger charge is -2.19. The van der Waals surface area contributed by atoms with Gasteiger partial charge in [0.15, 0.2) is 18.2 Å². The summed E-state index contributed by atoms with van der Waals surface area (Å²) in [5.74, 6) is 1.43. The molecule has 0 bridgehead atoms. The van der Waals surface area contributed by atoms with Gasteiger partial charge in [0.05, 0.1) is 23.7 Å². The Morgan fingerprint density at radius 1 is 1.02 bits per heavy atom. The van der Waals surface area contributed by atoms with E-state index in [2.05, 4.69) is 55.4 Å². The Labute approximate surface area is 395 Å². The Balaban J connectivity index is 0.869. The number of nitrogens with one attached hydrogen (secondary N) is 1. The minimum Gasteiger partial charge on any atom is -0.488 e. The van der Waals surface area contributed by atoms with E-state index in [1.54, 1.807) is 41.7 Å². The van der Waals surface area contributed by atoms with Crippen LogP contribution in [0.15, 0.2) is 87.1 Å². The number of carbonyl (C=O) groups is 3. The van der Waals surface area contributed by atoms with Crippen molar-refractivity contribution in [3.8, 4) is 16.8 Å². The summed E-state index contributed by atoms with van der Waals surface area (Å²) in [6.45, 7) is 8.84. The predicted molar refractivity (Wildman–Crippen MR) is 255 cm³/mol. The number of ketones is 2. The fourth-order valence-electron chi connectivity index (χ4n) is 7.14. The van der Waals surface area contributed by atoms with Crippen LogP contribution in [0.2, 0.25) is 5.02 Å². The number of hydrogen-bond donors (Lipinski definition) is 1. The maximum absolute atomic E-state index is 13.3. The fraction of sp³-hybridized carbons (Fsp3) is 0.354. The molecular formula is C48H50BrClN8O6S. The molecule has 5 aromatic rings. The molecule has 2 aromatic carbocycles. The van der Waals surface area contributed by atoms with Gasteiger partial charge >= 0.3 is 0 Å². The number of hydrogen-bond acceptors (Lipinski definition) is 13. The van der Waals surface area contributed by atoms with Crippen LogP contribution in [-0.4, -0.2) is 75.6 Å². The quantitative estimate of drug-likeness (QED) is 0.0165. The van der Waals surface area contributed by atoms with Gasteiger partial charge in [-0.1, -0.05) is 60.4 Å². The number of aryl methyl sites for hydroxylation is 2. The number of benzene rings is 2. The first-order valence-corrected chi connectivity index (χ1v) is 23.3. The zero-order valence-electron chi connectivity index (χ0n) is 36.7. The minimum absolute atomic E-state index is 0.0410. The van der Waals surface area contributed by atoms with Crippen molar-refractivity contribution >= 4 is 74.3 Å². The highest BCUT2D eigenvalue weighted by atomic mass is 79.9. The van der Waals surface area contributed by atoms with E-state index in [0.717, 1.165) is 45.2 Å². The fourth-order valence-corrected chi connectivity index (χ4v) is 8.83. The van der Waals surface area contributed by atoms with Gasteiger partial charge < -0.3 is 19.6 Å². The van der Waals surface area contributed by atoms with E-state index >= 15 is 0 Å². The highest BCUT2D eigenvalue weighted by Crippen LogP contribution is 2.40. The standard InChI is InChI=1S/C48H50BrClN8O6S/c1-5-9-41(55-47(61)35(28-51)26-37-10-6-13-43(49)53-37)33-16-20-40(21-17-33)63-25-22-52-64-29-39(60)12-8-24-62-23-7-11-38(59)27-42-46-57-56-32(4)58(46)48-44(30(2)31(3)65-48)45(54-42)34-14-18-36(50)19-15-34/h6,10,13-22,26,41-42H,5,7-9,11-12,23-25,27,29H2,1-4H3,(H,55,61)/b35-26+,52-22?/t41?,42-/m0/s1. The van der Waals surface area contributed by atoms with E-state index in [4.69, 9.17) is 30.9 Å². The number of oxime groups is 1. The molecule has 338 valence electrons. The molecule has 1 amide bonds. The Kier molecular flexibility index (Phi) is 17.9. The van der Waals surface area contributed by atoms with Gasteiger partial charge in [-0.3, -0.25) is 23.9 Å². The number of Topliss-reactive ketones (excluding diaryl/α,β-unsaturated/α-hetero) is 2. The highest BCUT2D eigenvalue weighted by Gasteiger charge is 2.32. The molecule has 0 saturated carbocycles. The Hall–Kier alpha value is -5.86. The zero-order chi connectivity index (χ0) is 46.3. The number of rotatable bonds is 23. The summed E-state index contributed by atoms with van der Waals surface area (Å²) in [5, 5.41) is 26.9. The van der Waals surface area contributed by atoms with Gasteiger partial charge in [-0.25, -0.2) is 4.98 Å². The van der Waals surface area contributed by atoms with E-state index in [9.17, 15) is 19.6 Å². The molecule has 17 heteroatoms. The third-order valence-corrected chi connectivity index (χ3v) is 12.4. The molecule has 4 heterocycles. The number of ether oxygens (including phenoxy) is 2. The molecule has 0 fully saturated rings. The number of carbonyl (C=O) groups excluding carboxylic acids is 3. The van der Waals surface area contributed by atoms with Crippen molar-refractivity contribution in [2.75, 3.05) is 26.4 Å². The Morgan fingerprint density at radius 2 is 1.75 bits per heavy atom. The van der Waals surface area contributed by atoms with Crippen LogP contribution in [0.4, 0.5) is 0 Å². The van der Waals surface area contributed by atoms with Crippen molar-refractivity contribution in [1.29, 1.82) is 5.26 Å². The van der Waals surface area contributed by atoms with Crippen molar-refractivity contribution < 1.29 is 28.7 Å². The lowest BCUT2D eigenvalue weighted by molar-refractivity contribution is -0.124. The third kappa shape index (κ3) is 13.4. The molecule has 0 saturated heterocycles. The van der Waals surface area contributed by atoms with Gasteiger partial charge in [0.1, 0.15) is 51.3 Å². The SMILES string of the molecule is CCCC(NC(=O)/C(C#N)=C/c1cccc(Br)n1)c1ccc(OCC=NOCC(=O)CCCOCCCC(=O)C[C@@H]2N=C(c3ccc(Cl)cc3)c3c(sc(C)c3C)-n3c(C)nnc32)cc1. The van der Waals surface area contributed by atoms with Crippen LogP contribution < -0.4 is 10.1 Å². The second-order valence-corrected chi connectivity index (χ2v) is 17.8. The Bertz CT molecular complexity index is 2600. The first-order chi connectivity index (χ1) is 31.4. The molecule has 1 aliphatic rings. The molecule has 14 nitrogen and oxygen atoms in total. The number of halogens is 2. The van der Waals surface area contributed by atoms with Crippen LogP contribution in [0.25, 0.3) is 11.1 Å². The average molecular weight is 982 g/mol. The lowest BCUT2D eigenvalue weighted by atomic mass is 9.99. The van der Waals surface area contributed by atoms with Crippen LogP contribution >= 0.6 is 38.9 Å². The number of aromatic nitrogens is 4. The smallest absolute Gasteiger partial charge is 0.262 e. The van der Waals surface area contributed by atoms with Crippen molar-refractivity contribution in [2.24, 2.45) is 10.1 Å². The van der Waals surface area contributed by atoms with E-state index < -0.39 is 11.9 Å². The predicted octanol–water partition coefficient (Wildman–Crippen LogP) is 9.71. The summed E-state index contributed by atoms with van der Waals surface area (Å²) in [6, 6.07) is 21.3. The topological polar surface area (TPSA) is 183 Å². The van der Waals surface area contributed by atoms with Crippen LogP contribution in [0.5, 0.6) is 5.75 Å². The van der Waals surface area contributed by atoms with Crippen molar-refractivity contribution in [3.63, 3.8) is 0 Å². The van der Waals surface area contributed by atoms with Crippen LogP contribution in [-0.2, 0) is 24.0 Å². The van der Waals surface area contributed by atoms with E-state index in [0.29, 0.717) is 65.8 Å². The highest BCUT2D eigenvalue weighted by molar-refractivity contribution is 9.10. The normalized spacial score (nSPS) is 13.9. The van der Waals surface area contributed by atoms with Gasteiger partial charge in [0.2, 0.25) is 0 Å². The number of thiophene rings is 1. The van der Waals surface area contributed by atoms with Gasteiger partial charge in [-0.15, -0.1) is 21.5 Å². The summed E-state index contributed by atoms with van der Waals surface area (Å²) in [5.41, 5.74) is 5.20. The van der Waals surface area contributed by atoms with E-state index in [1.807, 2.05) is 60.9 Å². The van der Waals surface area contributed by atoms with Gasteiger partial charge in [0, 0.05) is 53.5 Å². The monoisotopic (exact) mass is 980 g/mol. The maximum atomic E-state index is 13.3. The van der Waals surface area contributed by atoms with Gasteiger partial charge in [-0.05, 0) is 110 Å². The van der Waals surface area contributed by atoms with Crippen LogP contribution in [0.1, 0.15) is 108 Å². The number of aliphatic imine (C=N–C) groups is 1. The molecule has 1 unspecified atom stereocenters. The molecule has 0 aliphatic carbocycles. The van der Waals surface area contributed by atoms with E-state index in [1.165, 1.54) is 17.2 Å². The molecule has 0 spiro atoms. The van der Waals surface area contributed by atoms with Crippen molar-refractivity contribution in [2.45, 2.75) is 84.7 Å². The summed E-state index contributed by atoms with van der Waals surface area (Å²) in [4.78, 5) is 54.5. The maximum Gasteiger partial charge on any atom is 0.262 e. The summed E-state index contributed by atoms with van der Waals surface area (Å²) >= 11 is 11.2. The third-order valence-electron chi connectivity index (χ3n) is 10.5. The number of amides is 1. The van der Waals surface area contributed by atoms with Gasteiger partial charge in [-0.2, -0.15) is 5.26 Å². The van der Waals surface area contributed by atoms with Crippen molar-refractivity contribution in [1.82, 2.24) is 25.1 Å². The molecule has 1 aliphatic heterocycles. The van der Waals surface area contributed by atoms with Crippen molar-refractivity contribution in [3.05, 3.63) is 126 Å². The number of nitrogens with zero attached hydrogens (tertiary/aromatic N) is 7. The Morgan fingerprint density at radius 3 is 2.46 bits per heavy atom. The molecule has 1 N–H and O–H groups in total. The summed E-state index contributed by atoms with van der Waals surface area (Å²) in [6.07, 6.45) is 6.21. The first-order valence-electron chi connectivity index (χ1n) is 21.3. The largest absolute Gasteiger partial charge is 0.488 e. The first kappa shape index (κ1) is 48.6. The zero-order valence-corrected chi connectivity index (χ0v) is 39.8. The molecule has 2 atom stereocenters. The second kappa shape index (κ2) is 23.9. The van der Waals surface area contributed by atoms with Crippen LogP contribution in [0, 0.1) is 32.1 Å². The lowest BCUT2D eigenvalue weighted by Crippen LogP contribution is -2.29. The average Bonchev–Trinajstić information content (AvgIpc) is 3.77. The molecule has 0 radical (unpaired) electrons. The summed E-state index contributed by atoms with van der Waals surface area (Å²) < 4.78 is 14.1. The number of pyridine rings is 1. The molecule has 65 heavy (non-hydrogen) atoms. The number of fused-ring (bicyclic) bond motifs is 3. The van der Waals surface area contributed by atoms with E-state index in [-0.39, 0.29) is 49.2 Å². The molecule has 3 aromatic heterocycles. The second-order valence-electron chi connectivity index (χ2n) is 15.3. The van der Waals surface area contributed by atoms with Gasteiger partial charge in [0.25, 0.3) is 5.91 Å².